The second-order valence-corrected chi connectivity index (χ2v) is 4.24. The molecule has 0 fully saturated rings. The van der Waals surface area contributed by atoms with Crippen LogP contribution in [0.5, 0.6) is 0 Å². The van der Waals surface area contributed by atoms with Gasteiger partial charge in [-0.25, -0.2) is 0 Å². The van der Waals surface area contributed by atoms with E-state index in [0.717, 1.165) is 16.4 Å². The molecule has 0 radical (unpaired) electrons. The van der Waals surface area contributed by atoms with E-state index in [9.17, 15) is 0 Å². The van der Waals surface area contributed by atoms with E-state index in [0.29, 0.717) is 0 Å². The van der Waals surface area contributed by atoms with Gasteiger partial charge in [0.15, 0.2) is 0 Å². The molecule has 0 bridgehead atoms. The summed E-state index contributed by atoms with van der Waals surface area (Å²) in [6.07, 6.45) is 1.67. The Morgan fingerprint density at radius 1 is 1.13 bits per heavy atom. The predicted molar refractivity (Wildman–Crippen MR) is 65.5 cm³/mol. The zero-order chi connectivity index (χ0) is 10.5. The quantitative estimate of drug-likeness (QED) is 0.760. The monoisotopic (exact) mass is 216 g/mol. The van der Waals surface area contributed by atoms with Crippen molar-refractivity contribution in [3.8, 4) is 0 Å². The van der Waals surface area contributed by atoms with Crippen molar-refractivity contribution in [2.24, 2.45) is 0 Å². The van der Waals surface area contributed by atoms with E-state index in [1.54, 1.807) is 18.0 Å². The van der Waals surface area contributed by atoms with Gasteiger partial charge < -0.3 is 4.42 Å². The van der Waals surface area contributed by atoms with Gasteiger partial charge in [0.2, 0.25) is 0 Å². The number of thioether (sulfide) groups is 1. The van der Waals surface area contributed by atoms with Crippen LogP contribution < -0.4 is 0 Å². The summed E-state index contributed by atoms with van der Waals surface area (Å²) in [4.78, 5) is 0.976. The predicted octanol–water partition coefficient (Wildman–Crippen LogP) is 4.18. The van der Waals surface area contributed by atoms with Gasteiger partial charge in [-0.2, -0.15) is 0 Å². The molecule has 0 N–H and O–H groups in total. The number of rotatable bonds is 4. The molecule has 0 saturated heterocycles. The SMILES string of the molecule is C=C(SCc1ccccc1)c1ccco1. The minimum absolute atomic E-state index is 0.857. The second-order valence-electron chi connectivity index (χ2n) is 3.17. The van der Waals surface area contributed by atoms with Crippen LogP contribution in [-0.4, -0.2) is 0 Å². The molecular formula is C13H12OS. The van der Waals surface area contributed by atoms with Crippen LogP contribution in [-0.2, 0) is 5.75 Å². The smallest absolute Gasteiger partial charge is 0.139 e. The van der Waals surface area contributed by atoms with Gasteiger partial charge in [-0.3, -0.25) is 0 Å². The third kappa shape index (κ3) is 2.77. The fraction of sp³-hybridized carbons (Fsp3) is 0.0769. The topological polar surface area (TPSA) is 13.1 Å². The van der Waals surface area contributed by atoms with Gasteiger partial charge >= 0.3 is 0 Å². The molecule has 1 nitrogen and oxygen atoms in total. The van der Waals surface area contributed by atoms with Crippen molar-refractivity contribution in [1.82, 2.24) is 0 Å². The van der Waals surface area contributed by atoms with Crippen LogP contribution in [0.4, 0.5) is 0 Å². The van der Waals surface area contributed by atoms with Gasteiger partial charge in [0.1, 0.15) is 5.76 Å². The van der Waals surface area contributed by atoms with Crippen molar-refractivity contribution in [2.45, 2.75) is 5.75 Å². The summed E-state index contributed by atoms with van der Waals surface area (Å²) in [5.74, 6) is 1.79. The summed E-state index contributed by atoms with van der Waals surface area (Å²) in [7, 11) is 0. The minimum atomic E-state index is 0.857. The molecule has 0 unspecified atom stereocenters. The Balaban J connectivity index is 1.92. The van der Waals surface area contributed by atoms with Crippen LogP contribution in [0.3, 0.4) is 0 Å². The maximum Gasteiger partial charge on any atom is 0.139 e. The van der Waals surface area contributed by atoms with Gasteiger partial charge in [-0.1, -0.05) is 36.9 Å². The first-order chi connectivity index (χ1) is 7.36. The number of benzene rings is 1. The van der Waals surface area contributed by atoms with Crippen LogP contribution in [0.2, 0.25) is 0 Å². The van der Waals surface area contributed by atoms with Gasteiger partial charge in [-0.05, 0) is 17.7 Å². The summed E-state index contributed by atoms with van der Waals surface area (Å²) >= 11 is 1.70. The summed E-state index contributed by atoms with van der Waals surface area (Å²) in [6.45, 7) is 3.98. The Morgan fingerprint density at radius 3 is 2.60 bits per heavy atom. The maximum absolute atomic E-state index is 5.26. The Labute approximate surface area is 93.8 Å². The van der Waals surface area contributed by atoms with Crippen LogP contribution in [0.25, 0.3) is 4.91 Å². The molecule has 2 heteroatoms. The normalized spacial score (nSPS) is 10.1. The molecule has 1 aromatic carbocycles. The lowest BCUT2D eigenvalue weighted by Gasteiger charge is -2.02. The van der Waals surface area contributed by atoms with Crippen LogP contribution in [0, 0.1) is 0 Å². The average Bonchev–Trinajstić information content (AvgIpc) is 2.81. The highest BCUT2D eigenvalue weighted by Crippen LogP contribution is 2.28. The molecule has 1 aromatic heterocycles. The third-order valence-corrected chi connectivity index (χ3v) is 3.08. The Bertz CT molecular complexity index is 417. The molecule has 0 spiro atoms. The Hall–Kier alpha value is -1.41. The first-order valence-electron chi connectivity index (χ1n) is 4.76. The lowest BCUT2D eigenvalue weighted by atomic mass is 10.2. The summed E-state index contributed by atoms with van der Waals surface area (Å²) < 4.78 is 5.26. The highest BCUT2D eigenvalue weighted by Gasteiger charge is 2.02. The van der Waals surface area contributed by atoms with E-state index < -0.39 is 0 Å². The molecule has 0 atom stereocenters. The van der Waals surface area contributed by atoms with Crippen molar-refractivity contribution in [3.63, 3.8) is 0 Å². The van der Waals surface area contributed by atoms with Gasteiger partial charge in [0, 0.05) is 10.7 Å². The molecule has 2 rings (SSSR count). The van der Waals surface area contributed by atoms with Gasteiger partial charge in [-0.15, -0.1) is 11.8 Å². The highest BCUT2D eigenvalue weighted by atomic mass is 32.2. The van der Waals surface area contributed by atoms with Crippen molar-refractivity contribution in [2.75, 3.05) is 0 Å². The lowest BCUT2D eigenvalue weighted by molar-refractivity contribution is 0.556. The molecular weight excluding hydrogens is 204 g/mol. The molecule has 0 aliphatic rings. The first kappa shape index (κ1) is 10.1. The van der Waals surface area contributed by atoms with Crippen LogP contribution >= 0.6 is 11.8 Å². The molecule has 0 aliphatic carbocycles. The van der Waals surface area contributed by atoms with Gasteiger partial charge in [0.05, 0.1) is 6.26 Å². The molecule has 1 heterocycles. The maximum atomic E-state index is 5.26. The van der Waals surface area contributed by atoms with Crippen molar-refractivity contribution in [1.29, 1.82) is 0 Å². The zero-order valence-electron chi connectivity index (χ0n) is 8.35. The fourth-order valence-corrected chi connectivity index (χ4v) is 2.04. The van der Waals surface area contributed by atoms with E-state index in [1.165, 1.54) is 5.56 Å². The summed E-state index contributed by atoms with van der Waals surface area (Å²) in [6, 6.07) is 14.2. The highest BCUT2D eigenvalue weighted by molar-refractivity contribution is 8.07. The van der Waals surface area contributed by atoms with E-state index in [1.807, 2.05) is 30.3 Å². The summed E-state index contributed by atoms with van der Waals surface area (Å²) in [5.41, 5.74) is 1.30. The standard InChI is InChI=1S/C13H12OS/c1-11(13-8-5-9-14-13)15-10-12-6-3-2-4-7-12/h2-9H,1,10H2. The minimum Gasteiger partial charge on any atom is -0.464 e. The second kappa shape index (κ2) is 4.89. The number of furan rings is 1. The zero-order valence-corrected chi connectivity index (χ0v) is 9.17. The largest absolute Gasteiger partial charge is 0.464 e. The Kier molecular flexibility index (Phi) is 3.30. The average molecular weight is 216 g/mol. The van der Waals surface area contributed by atoms with E-state index in [2.05, 4.69) is 18.7 Å². The Morgan fingerprint density at radius 2 is 1.93 bits per heavy atom. The van der Waals surface area contributed by atoms with Crippen LogP contribution in [0.1, 0.15) is 11.3 Å². The fourth-order valence-electron chi connectivity index (χ4n) is 1.25. The molecule has 15 heavy (non-hydrogen) atoms. The molecule has 2 aromatic rings. The molecule has 76 valence electrons. The molecule has 0 aliphatic heterocycles. The molecule has 0 amide bonds. The van der Waals surface area contributed by atoms with Crippen molar-refractivity contribution >= 4 is 16.7 Å². The number of hydrogen-bond acceptors (Lipinski definition) is 2. The lowest BCUT2D eigenvalue weighted by Crippen LogP contribution is -1.79. The third-order valence-electron chi connectivity index (χ3n) is 2.05. The van der Waals surface area contributed by atoms with Crippen LogP contribution in [0.15, 0.2) is 59.7 Å². The first-order valence-corrected chi connectivity index (χ1v) is 5.74. The number of hydrogen-bond donors (Lipinski definition) is 0. The van der Waals surface area contributed by atoms with Crippen molar-refractivity contribution < 1.29 is 4.42 Å². The van der Waals surface area contributed by atoms with Gasteiger partial charge in [0.25, 0.3) is 0 Å². The van der Waals surface area contributed by atoms with E-state index in [-0.39, 0.29) is 0 Å². The summed E-state index contributed by atoms with van der Waals surface area (Å²) in [5, 5.41) is 0. The van der Waals surface area contributed by atoms with Crippen molar-refractivity contribution in [3.05, 3.63) is 66.6 Å². The van der Waals surface area contributed by atoms with E-state index in [4.69, 9.17) is 4.42 Å². The molecule has 0 saturated carbocycles. The van der Waals surface area contributed by atoms with E-state index >= 15 is 0 Å².